The molecule has 3 heterocycles. The van der Waals surface area contributed by atoms with Crippen LogP contribution in [0.4, 0.5) is 17.1 Å². The topological polar surface area (TPSA) is 21.1 Å². The predicted octanol–water partition coefficient (Wildman–Crippen LogP) is 10.6. The molecule has 2 aromatic heterocycles. The minimum absolute atomic E-state index is 0.156. The molecule has 0 amide bonds. The Balaban J connectivity index is 1.16. The van der Waals surface area contributed by atoms with Crippen LogP contribution in [0.5, 0.6) is 0 Å². The van der Waals surface area contributed by atoms with Crippen molar-refractivity contribution in [3.8, 4) is 33.6 Å². The Morgan fingerprint density at radius 2 is 1.21 bits per heavy atom. The summed E-state index contributed by atoms with van der Waals surface area (Å²) in [4.78, 5) is 7.18. The summed E-state index contributed by atoms with van der Waals surface area (Å²) in [6, 6.07) is 51.8. The van der Waals surface area contributed by atoms with Gasteiger partial charge in [0.05, 0.1) is 28.8 Å². The summed E-state index contributed by atoms with van der Waals surface area (Å²) >= 11 is 0. The van der Waals surface area contributed by atoms with Crippen molar-refractivity contribution in [2.45, 2.75) is 19.4 Å². The first-order valence-corrected chi connectivity index (χ1v) is 14.8. The quantitative estimate of drug-likeness (QED) is 0.211. The van der Waals surface area contributed by atoms with Crippen molar-refractivity contribution in [1.82, 2.24) is 9.55 Å². The van der Waals surface area contributed by atoms with Crippen LogP contribution in [0, 0.1) is 0 Å². The molecule has 0 aliphatic carbocycles. The number of anilines is 3. The van der Waals surface area contributed by atoms with Gasteiger partial charge in [0.2, 0.25) is 0 Å². The fourth-order valence-corrected chi connectivity index (χ4v) is 6.67. The number of nitrogens with zero attached hydrogens (tertiary/aromatic N) is 3. The number of para-hydroxylation sites is 2. The molecule has 0 bridgehead atoms. The third kappa shape index (κ3) is 4.16. The van der Waals surface area contributed by atoms with Crippen LogP contribution in [0.1, 0.15) is 19.4 Å². The average molecular weight is 554 g/mol. The van der Waals surface area contributed by atoms with Crippen LogP contribution < -0.4 is 4.90 Å². The molecule has 0 atom stereocenters. The first kappa shape index (κ1) is 25.3. The molecule has 5 aromatic carbocycles. The Hall–Kier alpha value is -5.41. The zero-order valence-electron chi connectivity index (χ0n) is 24.3. The maximum absolute atomic E-state index is 4.95. The zero-order valence-corrected chi connectivity index (χ0v) is 24.3. The number of aromatic nitrogens is 2. The molecule has 0 spiro atoms. The molecular formula is C40H31N3. The highest BCUT2D eigenvalue weighted by molar-refractivity contribution is 5.94. The van der Waals surface area contributed by atoms with Gasteiger partial charge < -0.3 is 9.47 Å². The summed E-state index contributed by atoms with van der Waals surface area (Å²) in [5.41, 5.74) is 12.9. The van der Waals surface area contributed by atoms with E-state index in [4.69, 9.17) is 4.98 Å². The number of fused-ring (bicyclic) bond motifs is 5. The number of benzene rings is 5. The summed E-state index contributed by atoms with van der Waals surface area (Å²) in [7, 11) is 0. The van der Waals surface area contributed by atoms with Crippen molar-refractivity contribution >= 4 is 28.0 Å². The van der Waals surface area contributed by atoms with E-state index in [0.29, 0.717) is 0 Å². The van der Waals surface area contributed by atoms with Crippen LogP contribution in [-0.4, -0.2) is 9.55 Å². The van der Waals surface area contributed by atoms with Crippen molar-refractivity contribution in [3.63, 3.8) is 0 Å². The summed E-state index contributed by atoms with van der Waals surface area (Å²) in [5.74, 6) is 0. The lowest BCUT2D eigenvalue weighted by Gasteiger charge is -2.25. The fourth-order valence-electron chi connectivity index (χ4n) is 6.67. The lowest BCUT2D eigenvalue weighted by molar-refractivity contribution is 0.476. The molecule has 206 valence electrons. The van der Waals surface area contributed by atoms with Crippen LogP contribution in [0.25, 0.3) is 44.5 Å². The van der Waals surface area contributed by atoms with Gasteiger partial charge >= 0.3 is 0 Å². The van der Waals surface area contributed by atoms with Crippen molar-refractivity contribution in [1.29, 1.82) is 0 Å². The Morgan fingerprint density at radius 3 is 1.86 bits per heavy atom. The molecule has 8 rings (SSSR count). The predicted molar refractivity (Wildman–Crippen MR) is 179 cm³/mol. The average Bonchev–Trinajstić information content (AvgIpc) is 3.55. The normalized spacial score (nSPS) is 13.1. The van der Waals surface area contributed by atoms with Crippen molar-refractivity contribution in [2.24, 2.45) is 0 Å². The summed E-state index contributed by atoms with van der Waals surface area (Å²) in [6.07, 6.45) is 1.98. The summed E-state index contributed by atoms with van der Waals surface area (Å²) < 4.78 is 2.50. The Bertz CT molecular complexity index is 2030. The molecule has 3 nitrogen and oxygen atoms in total. The van der Waals surface area contributed by atoms with E-state index in [1.165, 1.54) is 38.9 Å². The van der Waals surface area contributed by atoms with Crippen LogP contribution in [-0.2, 0) is 5.54 Å². The van der Waals surface area contributed by atoms with Crippen LogP contribution in [0.15, 0.2) is 152 Å². The Morgan fingerprint density at radius 1 is 0.558 bits per heavy atom. The molecule has 0 saturated carbocycles. The molecule has 0 N–H and O–H groups in total. The number of hydrogen-bond acceptors (Lipinski definition) is 2. The molecule has 0 unspecified atom stereocenters. The maximum Gasteiger partial charge on any atom is 0.0703 e. The van der Waals surface area contributed by atoms with Gasteiger partial charge in [0.25, 0.3) is 0 Å². The van der Waals surface area contributed by atoms with Gasteiger partial charge in [-0.1, -0.05) is 84.9 Å². The van der Waals surface area contributed by atoms with Gasteiger partial charge in [-0.2, -0.15) is 0 Å². The molecular weight excluding hydrogens is 522 g/mol. The van der Waals surface area contributed by atoms with E-state index in [2.05, 4.69) is 157 Å². The van der Waals surface area contributed by atoms with Gasteiger partial charge in [-0.3, -0.25) is 4.98 Å². The van der Waals surface area contributed by atoms with Crippen LogP contribution >= 0.6 is 0 Å². The third-order valence-electron chi connectivity index (χ3n) is 8.75. The highest BCUT2D eigenvalue weighted by Gasteiger charge is 2.36. The van der Waals surface area contributed by atoms with E-state index in [1.807, 2.05) is 18.3 Å². The number of rotatable bonds is 5. The van der Waals surface area contributed by atoms with E-state index >= 15 is 0 Å². The van der Waals surface area contributed by atoms with E-state index in [0.717, 1.165) is 28.3 Å². The second kappa shape index (κ2) is 9.85. The highest BCUT2D eigenvalue weighted by Crippen LogP contribution is 2.48. The molecule has 0 saturated heterocycles. The lowest BCUT2D eigenvalue weighted by atomic mass is 9.89. The van der Waals surface area contributed by atoms with Crippen LogP contribution in [0.3, 0.4) is 0 Å². The van der Waals surface area contributed by atoms with Crippen molar-refractivity contribution in [3.05, 3.63) is 157 Å². The minimum Gasteiger partial charge on any atom is -0.331 e. The smallest absolute Gasteiger partial charge is 0.0703 e. The standard InChI is InChI=1S/C40H31N3/c1-40(2)36-25-29(28-12-6-3-7-13-28)18-21-35(36)39-26-31-24-30(19-23-38(31)43(39)40)37-22-20-34(27-41-37)42(32-14-8-4-9-15-32)33-16-10-5-11-17-33/h3-27H,1-2H3. The maximum atomic E-state index is 4.95. The SMILES string of the molecule is CC1(C)c2cc(-c3ccccc3)ccc2-c2cc3cc(-c4ccc(N(c5ccccc5)c5ccccc5)cn4)ccc3n21. The highest BCUT2D eigenvalue weighted by atomic mass is 15.1. The van der Waals surface area contributed by atoms with Gasteiger partial charge in [0.15, 0.2) is 0 Å². The monoisotopic (exact) mass is 553 g/mol. The molecule has 0 fully saturated rings. The van der Waals surface area contributed by atoms with Crippen molar-refractivity contribution < 1.29 is 0 Å². The molecule has 0 radical (unpaired) electrons. The lowest BCUT2D eigenvalue weighted by Crippen LogP contribution is -2.23. The molecule has 1 aliphatic heterocycles. The van der Waals surface area contributed by atoms with Crippen molar-refractivity contribution in [2.75, 3.05) is 4.90 Å². The van der Waals surface area contributed by atoms with E-state index in [1.54, 1.807) is 0 Å². The van der Waals surface area contributed by atoms with Gasteiger partial charge in [-0.15, -0.1) is 0 Å². The van der Waals surface area contributed by atoms with E-state index in [-0.39, 0.29) is 5.54 Å². The van der Waals surface area contributed by atoms with E-state index in [9.17, 15) is 0 Å². The fraction of sp³-hybridized carbons (Fsp3) is 0.0750. The largest absolute Gasteiger partial charge is 0.331 e. The molecule has 7 aromatic rings. The molecule has 1 aliphatic rings. The molecule has 3 heteroatoms. The summed E-state index contributed by atoms with van der Waals surface area (Å²) in [5, 5.41) is 1.24. The first-order valence-electron chi connectivity index (χ1n) is 14.8. The van der Waals surface area contributed by atoms with Crippen LogP contribution in [0.2, 0.25) is 0 Å². The summed E-state index contributed by atoms with van der Waals surface area (Å²) in [6.45, 7) is 4.66. The number of pyridine rings is 1. The minimum atomic E-state index is -0.156. The molecule has 43 heavy (non-hydrogen) atoms. The second-order valence-corrected chi connectivity index (χ2v) is 11.7. The zero-order chi connectivity index (χ0) is 29.0. The van der Waals surface area contributed by atoms with E-state index < -0.39 is 0 Å². The van der Waals surface area contributed by atoms with Gasteiger partial charge in [0, 0.05) is 33.4 Å². The first-order chi connectivity index (χ1) is 21.1. The van der Waals surface area contributed by atoms with Gasteiger partial charge in [-0.25, -0.2) is 0 Å². The third-order valence-corrected chi connectivity index (χ3v) is 8.75. The number of hydrogen-bond donors (Lipinski definition) is 0. The van der Waals surface area contributed by atoms with Gasteiger partial charge in [-0.05, 0) is 91.2 Å². The van der Waals surface area contributed by atoms with Gasteiger partial charge in [0.1, 0.15) is 0 Å². The second-order valence-electron chi connectivity index (χ2n) is 11.7. The Labute approximate surface area is 252 Å². The Kier molecular flexibility index (Phi) is 5.80.